The lowest BCUT2D eigenvalue weighted by atomic mass is 10.2. The Labute approximate surface area is 66.3 Å². The first-order valence-electron chi connectivity index (χ1n) is 3.82. The second kappa shape index (κ2) is 3.09. The molecule has 0 aromatic carbocycles. The van der Waals surface area contributed by atoms with Crippen LogP contribution in [0.1, 0.15) is 13.8 Å². The third-order valence-electron chi connectivity index (χ3n) is 1.83. The summed E-state index contributed by atoms with van der Waals surface area (Å²) in [4.78, 5) is 12.7. The number of rotatable bonds is 2. The zero-order valence-electron chi connectivity index (χ0n) is 6.91. The van der Waals surface area contributed by atoms with Gasteiger partial charge in [-0.25, -0.2) is 4.79 Å². The third kappa shape index (κ3) is 1.45. The van der Waals surface area contributed by atoms with Crippen LogP contribution in [0.5, 0.6) is 0 Å². The Morgan fingerprint density at radius 2 is 2.45 bits per heavy atom. The van der Waals surface area contributed by atoms with Gasteiger partial charge in [-0.05, 0) is 13.8 Å². The first-order valence-corrected chi connectivity index (χ1v) is 3.82. The number of carbonyl (C=O) groups is 1. The molecule has 0 radical (unpaired) electrons. The Morgan fingerprint density at radius 3 is 2.82 bits per heavy atom. The fourth-order valence-electron chi connectivity index (χ4n) is 1.29. The van der Waals surface area contributed by atoms with Gasteiger partial charge in [-0.15, -0.1) is 0 Å². The topological polar surface area (TPSA) is 55.6 Å². The molecule has 4 nitrogen and oxygen atoms in total. The lowest BCUT2D eigenvalue weighted by Gasteiger charge is -2.23. The summed E-state index contributed by atoms with van der Waals surface area (Å²) < 4.78 is 4.84. The highest BCUT2D eigenvalue weighted by atomic mass is 16.6. The average molecular weight is 158 g/mol. The van der Waals surface area contributed by atoms with Crippen LogP contribution in [-0.2, 0) is 4.74 Å². The van der Waals surface area contributed by atoms with Crippen molar-refractivity contribution in [3.8, 4) is 0 Å². The molecule has 0 aliphatic carbocycles. The molecule has 0 aromatic heterocycles. The molecule has 1 rings (SSSR count). The van der Waals surface area contributed by atoms with Crippen molar-refractivity contribution in [3.63, 3.8) is 0 Å². The lowest BCUT2D eigenvalue weighted by molar-refractivity contribution is 0.150. The molecule has 64 valence electrons. The predicted molar refractivity (Wildman–Crippen MR) is 41.2 cm³/mol. The SMILES string of the molecule is CC(C)N1C(=O)OC[C@@H]1CN. The number of amides is 1. The van der Waals surface area contributed by atoms with E-state index in [1.54, 1.807) is 4.90 Å². The number of hydrogen-bond donors (Lipinski definition) is 1. The number of ether oxygens (including phenoxy) is 1. The zero-order valence-corrected chi connectivity index (χ0v) is 6.91. The Kier molecular flexibility index (Phi) is 2.34. The van der Waals surface area contributed by atoms with Gasteiger partial charge in [0.15, 0.2) is 0 Å². The van der Waals surface area contributed by atoms with Crippen LogP contribution >= 0.6 is 0 Å². The molecule has 0 unspecified atom stereocenters. The summed E-state index contributed by atoms with van der Waals surface area (Å²) in [7, 11) is 0. The fourth-order valence-corrected chi connectivity index (χ4v) is 1.29. The molecule has 11 heavy (non-hydrogen) atoms. The normalized spacial score (nSPS) is 24.5. The van der Waals surface area contributed by atoms with Gasteiger partial charge in [0.25, 0.3) is 0 Å². The van der Waals surface area contributed by atoms with Crippen molar-refractivity contribution in [3.05, 3.63) is 0 Å². The van der Waals surface area contributed by atoms with Crippen LogP contribution in [0.25, 0.3) is 0 Å². The minimum atomic E-state index is -0.240. The molecule has 4 heteroatoms. The first kappa shape index (κ1) is 8.33. The minimum absolute atomic E-state index is 0.0718. The van der Waals surface area contributed by atoms with Crippen molar-refractivity contribution in [2.24, 2.45) is 5.73 Å². The van der Waals surface area contributed by atoms with Crippen LogP contribution in [-0.4, -0.2) is 36.2 Å². The van der Waals surface area contributed by atoms with Gasteiger partial charge in [0.05, 0.1) is 6.04 Å². The molecule has 1 atom stereocenters. The number of hydrogen-bond acceptors (Lipinski definition) is 3. The smallest absolute Gasteiger partial charge is 0.410 e. The van der Waals surface area contributed by atoms with Crippen molar-refractivity contribution in [1.82, 2.24) is 4.90 Å². The Hall–Kier alpha value is -0.770. The molecule has 1 aliphatic heterocycles. The van der Waals surface area contributed by atoms with Crippen LogP contribution in [0.4, 0.5) is 4.79 Å². The van der Waals surface area contributed by atoms with Gasteiger partial charge in [0.1, 0.15) is 6.61 Å². The standard InChI is InChI=1S/C7H14N2O2/c1-5(2)9-6(3-8)4-11-7(9)10/h5-6H,3-4,8H2,1-2H3/t6-/m0/s1. The Balaban J connectivity index is 2.63. The molecular weight excluding hydrogens is 144 g/mol. The first-order chi connectivity index (χ1) is 5.16. The van der Waals surface area contributed by atoms with Crippen molar-refractivity contribution in [2.75, 3.05) is 13.2 Å². The molecule has 0 spiro atoms. The maximum atomic E-state index is 11.0. The summed E-state index contributed by atoms with van der Waals surface area (Å²) in [5, 5.41) is 0. The van der Waals surface area contributed by atoms with Gasteiger partial charge < -0.3 is 10.5 Å². The molecule has 0 aromatic rings. The van der Waals surface area contributed by atoms with Crippen LogP contribution in [0.2, 0.25) is 0 Å². The Morgan fingerprint density at radius 1 is 1.82 bits per heavy atom. The van der Waals surface area contributed by atoms with E-state index in [2.05, 4.69) is 0 Å². The average Bonchev–Trinajstić information content (AvgIpc) is 2.30. The van der Waals surface area contributed by atoms with E-state index in [1.807, 2.05) is 13.8 Å². The molecule has 1 aliphatic rings. The van der Waals surface area contributed by atoms with E-state index in [-0.39, 0.29) is 18.2 Å². The van der Waals surface area contributed by atoms with Gasteiger partial charge in [-0.3, -0.25) is 4.90 Å². The van der Waals surface area contributed by atoms with Crippen LogP contribution in [0, 0.1) is 0 Å². The van der Waals surface area contributed by atoms with E-state index < -0.39 is 0 Å². The van der Waals surface area contributed by atoms with E-state index in [1.165, 1.54) is 0 Å². The van der Waals surface area contributed by atoms with Crippen molar-refractivity contribution < 1.29 is 9.53 Å². The van der Waals surface area contributed by atoms with Crippen LogP contribution < -0.4 is 5.73 Å². The monoisotopic (exact) mass is 158 g/mol. The highest BCUT2D eigenvalue weighted by Crippen LogP contribution is 2.14. The molecule has 1 amide bonds. The van der Waals surface area contributed by atoms with E-state index >= 15 is 0 Å². The van der Waals surface area contributed by atoms with E-state index in [0.29, 0.717) is 13.2 Å². The number of carbonyl (C=O) groups excluding carboxylic acids is 1. The van der Waals surface area contributed by atoms with Crippen molar-refractivity contribution in [1.29, 1.82) is 0 Å². The molecule has 1 saturated heterocycles. The lowest BCUT2D eigenvalue weighted by Crippen LogP contribution is -2.43. The molecular formula is C7H14N2O2. The van der Waals surface area contributed by atoms with Crippen molar-refractivity contribution >= 4 is 6.09 Å². The number of nitrogens with two attached hydrogens (primary N) is 1. The van der Waals surface area contributed by atoms with E-state index in [9.17, 15) is 4.79 Å². The number of nitrogens with zero attached hydrogens (tertiary/aromatic N) is 1. The summed E-state index contributed by atoms with van der Waals surface area (Å²) in [6.07, 6.45) is -0.240. The van der Waals surface area contributed by atoms with E-state index in [4.69, 9.17) is 10.5 Å². The summed E-state index contributed by atoms with van der Waals surface area (Å²) in [5.74, 6) is 0. The zero-order chi connectivity index (χ0) is 8.43. The molecule has 0 saturated carbocycles. The second-order valence-electron chi connectivity index (χ2n) is 2.97. The molecule has 2 N–H and O–H groups in total. The van der Waals surface area contributed by atoms with Gasteiger partial charge in [0, 0.05) is 12.6 Å². The van der Waals surface area contributed by atoms with Gasteiger partial charge in [-0.1, -0.05) is 0 Å². The van der Waals surface area contributed by atoms with Crippen LogP contribution in [0.15, 0.2) is 0 Å². The fraction of sp³-hybridized carbons (Fsp3) is 0.857. The molecule has 1 heterocycles. The van der Waals surface area contributed by atoms with Crippen molar-refractivity contribution in [2.45, 2.75) is 25.9 Å². The van der Waals surface area contributed by atoms with Gasteiger partial charge >= 0.3 is 6.09 Å². The highest BCUT2D eigenvalue weighted by Gasteiger charge is 2.33. The predicted octanol–water partition coefficient (Wildman–Crippen LogP) is 0.174. The minimum Gasteiger partial charge on any atom is -0.447 e. The largest absolute Gasteiger partial charge is 0.447 e. The summed E-state index contributed by atoms with van der Waals surface area (Å²) in [6, 6.07) is 0.251. The summed E-state index contributed by atoms with van der Waals surface area (Å²) in [6.45, 7) is 4.82. The van der Waals surface area contributed by atoms with E-state index in [0.717, 1.165) is 0 Å². The Bertz CT molecular complexity index is 159. The maximum absolute atomic E-state index is 11.0. The quantitative estimate of drug-likeness (QED) is 0.623. The number of cyclic esters (lactones) is 1. The third-order valence-corrected chi connectivity index (χ3v) is 1.83. The van der Waals surface area contributed by atoms with Gasteiger partial charge in [0.2, 0.25) is 0 Å². The molecule has 0 bridgehead atoms. The molecule has 1 fully saturated rings. The maximum Gasteiger partial charge on any atom is 0.410 e. The second-order valence-corrected chi connectivity index (χ2v) is 2.97. The summed E-state index contributed by atoms with van der Waals surface area (Å²) in [5.41, 5.74) is 5.45. The summed E-state index contributed by atoms with van der Waals surface area (Å²) >= 11 is 0. The van der Waals surface area contributed by atoms with Crippen LogP contribution in [0.3, 0.4) is 0 Å². The van der Waals surface area contributed by atoms with Gasteiger partial charge in [-0.2, -0.15) is 0 Å². The highest BCUT2D eigenvalue weighted by molar-refractivity contribution is 5.70.